The number of nitriles is 1. The van der Waals surface area contributed by atoms with Crippen LogP contribution in [0.5, 0.6) is 0 Å². The summed E-state index contributed by atoms with van der Waals surface area (Å²) in [7, 11) is 0. The van der Waals surface area contributed by atoms with E-state index in [4.69, 9.17) is 9.68 Å². The van der Waals surface area contributed by atoms with Crippen molar-refractivity contribution < 1.29 is 9.21 Å². The molecular weight excluding hydrogens is 240 g/mol. The number of nitrogens with one attached hydrogen (secondary N) is 1. The molecule has 1 N–H and O–H groups in total. The predicted octanol–water partition coefficient (Wildman–Crippen LogP) is 2.51. The van der Waals surface area contributed by atoms with Gasteiger partial charge in [-0.25, -0.2) is 0 Å². The highest BCUT2D eigenvalue weighted by molar-refractivity contribution is 5.94. The Morgan fingerprint density at radius 2 is 2.11 bits per heavy atom. The lowest BCUT2D eigenvalue weighted by atomic mass is 10.1. The van der Waals surface area contributed by atoms with Crippen LogP contribution in [0.4, 0.5) is 0 Å². The van der Waals surface area contributed by atoms with Crippen LogP contribution in [-0.4, -0.2) is 11.9 Å². The number of carbonyl (C=O) groups excluding carboxylic acids is 1. The van der Waals surface area contributed by atoms with Crippen LogP contribution in [0.3, 0.4) is 0 Å². The van der Waals surface area contributed by atoms with Crippen LogP contribution in [0.1, 0.15) is 28.6 Å². The molecule has 1 aromatic carbocycles. The van der Waals surface area contributed by atoms with Gasteiger partial charge in [-0.05, 0) is 43.3 Å². The molecule has 0 spiro atoms. The molecule has 0 saturated carbocycles. The molecule has 19 heavy (non-hydrogen) atoms. The maximum absolute atomic E-state index is 12.0. The third-order valence-electron chi connectivity index (χ3n) is 2.74. The monoisotopic (exact) mass is 254 g/mol. The Labute approximate surface area is 111 Å². The van der Waals surface area contributed by atoms with Gasteiger partial charge in [0.25, 0.3) is 5.91 Å². The van der Waals surface area contributed by atoms with Crippen LogP contribution < -0.4 is 5.32 Å². The van der Waals surface area contributed by atoms with Crippen molar-refractivity contribution in [2.75, 3.05) is 0 Å². The Hall–Kier alpha value is -2.54. The molecule has 0 bridgehead atoms. The quantitative estimate of drug-likeness (QED) is 0.911. The second-order valence-electron chi connectivity index (χ2n) is 4.35. The van der Waals surface area contributed by atoms with E-state index in [1.165, 1.54) is 0 Å². The van der Waals surface area contributed by atoms with Crippen molar-refractivity contribution in [3.63, 3.8) is 0 Å². The zero-order chi connectivity index (χ0) is 13.7. The Morgan fingerprint density at radius 1 is 1.37 bits per heavy atom. The third kappa shape index (κ3) is 3.46. The fourth-order valence-electron chi connectivity index (χ4n) is 1.78. The highest BCUT2D eigenvalue weighted by Crippen LogP contribution is 2.06. The minimum absolute atomic E-state index is 0.0192. The van der Waals surface area contributed by atoms with Crippen LogP contribution in [0.15, 0.2) is 47.1 Å². The lowest BCUT2D eigenvalue weighted by Crippen LogP contribution is -2.33. The van der Waals surface area contributed by atoms with Gasteiger partial charge in [-0.1, -0.05) is 0 Å². The van der Waals surface area contributed by atoms with E-state index in [-0.39, 0.29) is 11.9 Å². The molecule has 4 nitrogen and oxygen atoms in total. The minimum Gasteiger partial charge on any atom is -0.469 e. The Balaban J connectivity index is 1.94. The van der Waals surface area contributed by atoms with Gasteiger partial charge >= 0.3 is 0 Å². The van der Waals surface area contributed by atoms with E-state index in [9.17, 15) is 4.79 Å². The van der Waals surface area contributed by atoms with E-state index in [1.807, 2.05) is 25.1 Å². The lowest BCUT2D eigenvalue weighted by Gasteiger charge is -2.12. The molecule has 96 valence electrons. The van der Waals surface area contributed by atoms with Gasteiger partial charge < -0.3 is 9.73 Å². The summed E-state index contributed by atoms with van der Waals surface area (Å²) in [6.45, 7) is 1.92. The molecule has 0 radical (unpaired) electrons. The van der Waals surface area contributed by atoms with Crippen LogP contribution in [-0.2, 0) is 6.42 Å². The number of furan rings is 1. The molecule has 0 aliphatic heterocycles. The molecule has 1 heterocycles. The van der Waals surface area contributed by atoms with Crippen molar-refractivity contribution in [2.24, 2.45) is 0 Å². The molecular formula is C15H14N2O2. The third-order valence-corrected chi connectivity index (χ3v) is 2.74. The van der Waals surface area contributed by atoms with Gasteiger partial charge in [0.2, 0.25) is 0 Å². The summed E-state index contributed by atoms with van der Waals surface area (Å²) >= 11 is 0. The Morgan fingerprint density at radius 3 is 2.68 bits per heavy atom. The number of nitrogens with zero attached hydrogens (tertiary/aromatic N) is 1. The van der Waals surface area contributed by atoms with Gasteiger partial charge in [-0.2, -0.15) is 5.26 Å². The smallest absolute Gasteiger partial charge is 0.251 e. The number of hydrogen-bond acceptors (Lipinski definition) is 3. The minimum atomic E-state index is -0.149. The number of carbonyl (C=O) groups is 1. The summed E-state index contributed by atoms with van der Waals surface area (Å²) < 4.78 is 5.23. The summed E-state index contributed by atoms with van der Waals surface area (Å²) in [5.41, 5.74) is 1.09. The first-order chi connectivity index (χ1) is 9.19. The Kier molecular flexibility index (Phi) is 3.99. The zero-order valence-corrected chi connectivity index (χ0v) is 10.6. The summed E-state index contributed by atoms with van der Waals surface area (Å²) in [4.78, 5) is 12.0. The maximum Gasteiger partial charge on any atom is 0.251 e. The first-order valence-electron chi connectivity index (χ1n) is 6.02. The van der Waals surface area contributed by atoms with E-state index < -0.39 is 0 Å². The number of benzene rings is 1. The largest absolute Gasteiger partial charge is 0.469 e. The van der Waals surface area contributed by atoms with Crippen molar-refractivity contribution in [1.82, 2.24) is 5.32 Å². The lowest BCUT2D eigenvalue weighted by molar-refractivity contribution is 0.0939. The molecule has 4 heteroatoms. The number of hydrogen-bond donors (Lipinski definition) is 1. The topological polar surface area (TPSA) is 66.0 Å². The van der Waals surface area contributed by atoms with Gasteiger partial charge in [0.1, 0.15) is 5.76 Å². The van der Waals surface area contributed by atoms with Gasteiger partial charge in [-0.15, -0.1) is 0 Å². The van der Waals surface area contributed by atoms with Crippen LogP contribution >= 0.6 is 0 Å². The van der Waals surface area contributed by atoms with Crippen molar-refractivity contribution >= 4 is 5.91 Å². The van der Waals surface area contributed by atoms with Gasteiger partial charge in [0.15, 0.2) is 0 Å². The van der Waals surface area contributed by atoms with E-state index in [0.717, 1.165) is 5.76 Å². The fraction of sp³-hybridized carbons (Fsp3) is 0.200. The number of rotatable bonds is 4. The molecule has 1 amide bonds. The van der Waals surface area contributed by atoms with Gasteiger partial charge in [0.05, 0.1) is 17.9 Å². The van der Waals surface area contributed by atoms with E-state index in [2.05, 4.69) is 5.32 Å². The van der Waals surface area contributed by atoms with Crippen molar-refractivity contribution in [2.45, 2.75) is 19.4 Å². The highest BCUT2D eigenvalue weighted by atomic mass is 16.3. The predicted molar refractivity (Wildman–Crippen MR) is 70.5 cm³/mol. The second kappa shape index (κ2) is 5.87. The summed E-state index contributed by atoms with van der Waals surface area (Å²) in [5, 5.41) is 11.6. The average Bonchev–Trinajstić information content (AvgIpc) is 2.91. The second-order valence-corrected chi connectivity index (χ2v) is 4.35. The summed E-state index contributed by atoms with van der Waals surface area (Å²) in [5.74, 6) is 0.691. The van der Waals surface area contributed by atoms with Crippen molar-refractivity contribution in [3.8, 4) is 6.07 Å². The molecule has 0 aliphatic rings. The molecule has 0 aliphatic carbocycles. The van der Waals surface area contributed by atoms with Crippen molar-refractivity contribution in [3.05, 3.63) is 59.5 Å². The molecule has 1 aromatic heterocycles. The van der Waals surface area contributed by atoms with Crippen LogP contribution in [0.2, 0.25) is 0 Å². The molecule has 0 fully saturated rings. The normalized spacial score (nSPS) is 11.6. The molecule has 0 saturated heterocycles. The fourth-order valence-corrected chi connectivity index (χ4v) is 1.78. The van der Waals surface area contributed by atoms with Crippen LogP contribution in [0, 0.1) is 11.3 Å². The first kappa shape index (κ1) is 12.9. The first-order valence-corrected chi connectivity index (χ1v) is 6.02. The van der Waals surface area contributed by atoms with E-state index >= 15 is 0 Å². The SMILES string of the molecule is C[C@@H](Cc1ccco1)NC(=O)c1ccc(C#N)cc1. The molecule has 2 rings (SSSR count). The molecule has 2 aromatic rings. The zero-order valence-electron chi connectivity index (χ0n) is 10.6. The number of amides is 1. The average molecular weight is 254 g/mol. The van der Waals surface area contributed by atoms with Crippen molar-refractivity contribution in [1.29, 1.82) is 5.26 Å². The summed E-state index contributed by atoms with van der Waals surface area (Å²) in [6, 6.07) is 12.3. The van der Waals surface area contributed by atoms with Gasteiger partial charge in [-0.3, -0.25) is 4.79 Å². The van der Waals surface area contributed by atoms with Crippen LogP contribution in [0.25, 0.3) is 0 Å². The standard InChI is InChI=1S/C15H14N2O2/c1-11(9-14-3-2-8-19-14)17-15(18)13-6-4-12(10-16)5-7-13/h2-8,11H,9H2,1H3,(H,17,18)/t11-/m0/s1. The maximum atomic E-state index is 12.0. The Bertz CT molecular complexity index is 580. The molecule has 0 unspecified atom stereocenters. The summed E-state index contributed by atoms with van der Waals surface area (Å²) in [6.07, 6.45) is 2.26. The van der Waals surface area contributed by atoms with E-state index in [1.54, 1.807) is 30.5 Å². The van der Waals surface area contributed by atoms with Gasteiger partial charge in [0, 0.05) is 18.0 Å². The highest BCUT2D eigenvalue weighted by Gasteiger charge is 2.11. The van der Waals surface area contributed by atoms with E-state index in [0.29, 0.717) is 17.5 Å². The molecule has 1 atom stereocenters.